The summed E-state index contributed by atoms with van der Waals surface area (Å²) in [4.78, 5) is 4.47. The molecule has 2 nitrogen and oxygen atoms in total. The number of hydrogen-bond donors (Lipinski definition) is 1. The van der Waals surface area contributed by atoms with Crippen LogP contribution in [0.25, 0.3) is 10.9 Å². The molecule has 1 aliphatic rings. The van der Waals surface area contributed by atoms with Crippen LogP contribution in [0.4, 0.5) is 0 Å². The average Bonchev–Trinajstić information content (AvgIpc) is 2.55. The van der Waals surface area contributed by atoms with E-state index in [1.54, 1.807) is 0 Å². The van der Waals surface area contributed by atoms with Gasteiger partial charge in [0.25, 0.3) is 0 Å². The lowest BCUT2D eigenvalue weighted by Gasteiger charge is -2.36. The van der Waals surface area contributed by atoms with Crippen molar-refractivity contribution in [3.63, 3.8) is 0 Å². The molecule has 1 unspecified atom stereocenters. The Hall–Kier alpha value is -2.19. The highest BCUT2D eigenvalue weighted by Gasteiger charge is 2.34. The smallest absolute Gasteiger partial charge is 0.0705 e. The summed E-state index contributed by atoms with van der Waals surface area (Å²) in [5.74, 6) is 0. The van der Waals surface area contributed by atoms with Crippen LogP contribution in [0.2, 0.25) is 0 Å². The van der Waals surface area contributed by atoms with Gasteiger partial charge in [-0.1, -0.05) is 42.5 Å². The van der Waals surface area contributed by atoms with Crippen molar-refractivity contribution in [3.05, 3.63) is 77.5 Å². The zero-order valence-electron chi connectivity index (χ0n) is 11.9. The van der Waals surface area contributed by atoms with E-state index in [0.29, 0.717) is 0 Å². The zero-order valence-corrected chi connectivity index (χ0v) is 11.9. The second kappa shape index (κ2) is 4.68. The largest absolute Gasteiger partial charge is 0.318 e. The minimum absolute atomic E-state index is 0.388. The number of hydrogen-bond acceptors (Lipinski definition) is 2. The summed E-state index contributed by atoms with van der Waals surface area (Å²) in [7, 11) is 0. The van der Waals surface area contributed by atoms with Crippen LogP contribution in [0.5, 0.6) is 0 Å². The summed E-state index contributed by atoms with van der Waals surface area (Å²) < 4.78 is 0. The molecule has 1 aromatic heterocycles. The first-order valence-corrected chi connectivity index (χ1v) is 7.50. The van der Waals surface area contributed by atoms with E-state index in [1.807, 2.05) is 12.3 Å². The lowest BCUT2D eigenvalue weighted by atomic mass is 9.73. The minimum Gasteiger partial charge on any atom is -0.318 e. The van der Waals surface area contributed by atoms with E-state index in [4.69, 9.17) is 5.73 Å². The van der Waals surface area contributed by atoms with Crippen LogP contribution in [-0.4, -0.2) is 4.98 Å². The van der Waals surface area contributed by atoms with Gasteiger partial charge in [-0.25, -0.2) is 0 Å². The number of rotatable bonds is 1. The SMILES string of the molecule is NC1(c2ccc3cccnc3c2)CCCc2ccccc21. The number of benzene rings is 2. The maximum absolute atomic E-state index is 6.86. The molecule has 3 aromatic rings. The Kier molecular flexibility index (Phi) is 2.79. The molecule has 2 heteroatoms. The summed E-state index contributed by atoms with van der Waals surface area (Å²) in [6, 6.07) is 19.1. The molecular formula is C19H18N2. The van der Waals surface area contributed by atoms with Gasteiger partial charge in [0.05, 0.1) is 11.1 Å². The fourth-order valence-electron chi connectivity index (χ4n) is 3.51. The zero-order chi connectivity index (χ0) is 14.3. The molecule has 2 N–H and O–H groups in total. The van der Waals surface area contributed by atoms with E-state index >= 15 is 0 Å². The first-order valence-electron chi connectivity index (χ1n) is 7.50. The number of fused-ring (bicyclic) bond motifs is 2. The molecule has 0 bridgehead atoms. The molecule has 104 valence electrons. The van der Waals surface area contributed by atoms with E-state index in [2.05, 4.69) is 53.5 Å². The fraction of sp³-hybridized carbons (Fsp3) is 0.211. The number of pyridine rings is 1. The Morgan fingerprint density at radius 2 is 1.90 bits per heavy atom. The first kappa shape index (κ1) is 12.5. The van der Waals surface area contributed by atoms with Crippen molar-refractivity contribution in [2.24, 2.45) is 5.73 Å². The Bertz CT molecular complexity index is 809. The predicted octanol–water partition coefficient (Wildman–Crippen LogP) is 3.77. The van der Waals surface area contributed by atoms with Crippen LogP contribution in [0.3, 0.4) is 0 Å². The van der Waals surface area contributed by atoms with Crippen LogP contribution >= 0.6 is 0 Å². The highest BCUT2D eigenvalue weighted by Crippen LogP contribution is 2.39. The van der Waals surface area contributed by atoms with Gasteiger partial charge in [-0.3, -0.25) is 4.98 Å². The van der Waals surface area contributed by atoms with Gasteiger partial charge in [0, 0.05) is 11.6 Å². The summed E-state index contributed by atoms with van der Waals surface area (Å²) in [5.41, 5.74) is 11.3. The van der Waals surface area contributed by atoms with Crippen LogP contribution in [0.1, 0.15) is 29.5 Å². The van der Waals surface area contributed by atoms with Gasteiger partial charge < -0.3 is 5.73 Å². The highest BCUT2D eigenvalue weighted by molar-refractivity contribution is 5.79. The third-order valence-electron chi connectivity index (χ3n) is 4.64. The summed E-state index contributed by atoms with van der Waals surface area (Å²) in [6.07, 6.45) is 5.08. The van der Waals surface area contributed by atoms with E-state index < -0.39 is 0 Å². The molecule has 0 fully saturated rings. The Balaban J connectivity index is 1.91. The van der Waals surface area contributed by atoms with Gasteiger partial charge in [-0.05, 0) is 48.1 Å². The Morgan fingerprint density at radius 1 is 1.00 bits per heavy atom. The van der Waals surface area contributed by atoms with Crippen LogP contribution < -0.4 is 5.73 Å². The van der Waals surface area contributed by atoms with Gasteiger partial charge in [0.15, 0.2) is 0 Å². The predicted molar refractivity (Wildman–Crippen MR) is 86.1 cm³/mol. The minimum atomic E-state index is -0.388. The first-order chi connectivity index (χ1) is 10.3. The molecular weight excluding hydrogens is 256 g/mol. The summed E-state index contributed by atoms with van der Waals surface area (Å²) in [6.45, 7) is 0. The molecule has 0 saturated heterocycles. The standard InChI is InChI=1S/C19H18N2/c20-19(11-3-6-14-5-1-2-8-17(14)19)16-10-9-15-7-4-12-21-18(15)13-16/h1-2,4-5,7-10,12-13H,3,6,11,20H2. The second-order valence-corrected chi connectivity index (χ2v) is 5.89. The molecule has 0 saturated carbocycles. The number of aromatic nitrogens is 1. The van der Waals surface area contributed by atoms with Crippen molar-refractivity contribution >= 4 is 10.9 Å². The number of aryl methyl sites for hydroxylation is 1. The third kappa shape index (κ3) is 1.95. The summed E-state index contributed by atoms with van der Waals surface area (Å²) >= 11 is 0. The van der Waals surface area contributed by atoms with E-state index in [0.717, 1.165) is 30.2 Å². The van der Waals surface area contributed by atoms with E-state index in [1.165, 1.54) is 16.7 Å². The quantitative estimate of drug-likeness (QED) is 0.733. The lowest BCUT2D eigenvalue weighted by molar-refractivity contribution is 0.443. The van der Waals surface area contributed by atoms with E-state index in [-0.39, 0.29) is 5.54 Å². The summed E-state index contributed by atoms with van der Waals surface area (Å²) in [5, 5.41) is 1.16. The topological polar surface area (TPSA) is 38.9 Å². The van der Waals surface area contributed by atoms with Crippen molar-refractivity contribution in [1.82, 2.24) is 4.98 Å². The van der Waals surface area contributed by atoms with Crippen molar-refractivity contribution in [2.45, 2.75) is 24.8 Å². The molecule has 0 radical (unpaired) electrons. The molecule has 21 heavy (non-hydrogen) atoms. The van der Waals surface area contributed by atoms with Gasteiger partial charge in [0.1, 0.15) is 0 Å². The normalized spacial score (nSPS) is 21.2. The maximum atomic E-state index is 6.86. The van der Waals surface area contributed by atoms with Crippen molar-refractivity contribution < 1.29 is 0 Å². The van der Waals surface area contributed by atoms with Gasteiger partial charge >= 0.3 is 0 Å². The fourth-order valence-corrected chi connectivity index (χ4v) is 3.51. The number of nitrogens with two attached hydrogens (primary N) is 1. The molecule has 0 aliphatic heterocycles. The Morgan fingerprint density at radius 3 is 2.86 bits per heavy atom. The second-order valence-electron chi connectivity index (χ2n) is 5.89. The average molecular weight is 274 g/mol. The van der Waals surface area contributed by atoms with Gasteiger partial charge in [-0.15, -0.1) is 0 Å². The molecule has 2 aromatic carbocycles. The van der Waals surface area contributed by atoms with Crippen LogP contribution in [-0.2, 0) is 12.0 Å². The van der Waals surface area contributed by atoms with E-state index in [9.17, 15) is 0 Å². The Labute approximate surface area is 124 Å². The van der Waals surface area contributed by atoms with Gasteiger partial charge in [0.2, 0.25) is 0 Å². The maximum Gasteiger partial charge on any atom is 0.0705 e. The van der Waals surface area contributed by atoms with Crippen molar-refractivity contribution in [1.29, 1.82) is 0 Å². The van der Waals surface area contributed by atoms with Crippen molar-refractivity contribution in [3.8, 4) is 0 Å². The van der Waals surface area contributed by atoms with Crippen LogP contribution in [0, 0.1) is 0 Å². The molecule has 0 amide bonds. The lowest BCUT2D eigenvalue weighted by Crippen LogP contribution is -2.41. The molecule has 1 atom stereocenters. The molecule has 1 aliphatic carbocycles. The van der Waals surface area contributed by atoms with Crippen molar-refractivity contribution in [2.75, 3.05) is 0 Å². The van der Waals surface area contributed by atoms with Crippen LogP contribution in [0.15, 0.2) is 60.8 Å². The highest BCUT2D eigenvalue weighted by atomic mass is 14.8. The molecule has 1 heterocycles. The monoisotopic (exact) mass is 274 g/mol. The molecule has 0 spiro atoms. The molecule has 4 rings (SSSR count). The van der Waals surface area contributed by atoms with Gasteiger partial charge in [-0.2, -0.15) is 0 Å². The third-order valence-corrected chi connectivity index (χ3v) is 4.64. The number of nitrogens with zero attached hydrogens (tertiary/aromatic N) is 1.